The molecule has 3 N–H and O–H groups in total. The molecule has 0 spiro atoms. The molecule has 0 aromatic heterocycles. The van der Waals surface area contributed by atoms with Crippen LogP contribution < -0.4 is 25.4 Å². The maximum absolute atomic E-state index is 13.3. The zero-order chi connectivity index (χ0) is 41.9. The lowest BCUT2D eigenvalue weighted by molar-refractivity contribution is -0.136. The number of hydrogen-bond acceptors (Lipinski definition) is 13. The molecule has 17 nitrogen and oxygen atoms in total. The van der Waals surface area contributed by atoms with Gasteiger partial charge in [0.2, 0.25) is 11.8 Å². The molecule has 1 fully saturated rings. The number of piperidine rings is 1. The van der Waals surface area contributed by atoms with Gasteiger partial charge in [0, 0.05) is 70.7 Å². The van der Waals surface area contributed by atoms with E-state index in [-0.39, 0.29) is 69.5 Å². The predicted molar refractivity (Wildman–Crippen MR) is 215 cm³/mol. The van der Waals surface area contributed by atoms with Crippen molar-refractivity contribution in [2.45, 2.75) is 31.8 Å². The van der Waals surface area contributed by atoms with E-state index in [4.69, 9.17) is 18.9 Å². The normalized spacial score (nSPS) is 17.1. The Labute approximate surface area is 338 Å². The average Bonchev–Trinajstić information content (AvgIpc) is 3.45. The smallest absolute Gasteiger partial charge is 0.317 e. The topological polar surface area (TPSA) is 188 Å². The molecule has 0 radical (unpaired) electrons. The number of amides is 6. The summed E-state index contributed by atoms with van der Waals surface area (Å²) in [7, 11) is 11.0. The Bertz CT molecular complexity index is 1930. The maximum atomic E-state index is 13.3. The average molecular weight is 804 g/mol. The third-order valence-electron chi connectivity index (χ3n) is 9.85. The molecule has 17 heteroatoms. The third kappa shape index (κ3) is 10.2. The molecule has 0 bridgehead atoms. The molecule has 2 aromatic rings. The van der Waals surface area contributed by atoms with Crippen LogP contribution in [-0.2, 0) is 30.4 Å². The number of urea groups is 1. The molecule has 1 saturated heterocycles. The number of anilines is 1. The molecule has 312 valence electrons. The highest BCUT2D eigenvalue weighted by molar-refractivity contribution is 6.25. The fourth-order valence-corrected chi connectivity index (χ4v) is 7.12. The summed E-state index contributed by atoms with van der Waals surface area (Å²) in [6.07, 6.45) is 3.32. The van der Waals surface area contributed by atoms with Gasteiger partial charge in [0.15, 0.2) is 0 Å². The van der Waals surface area contributed by atoms with E-state index in [0.717, 1.165) is 33.5 Å². The molecule has 0 aliphatic carbocycles. The van der Waals surface area contributed by atoms with Crippen LogP contribution in [0.5, 0.6) is 11.5 Å². The minimum absolute atomic E-state index is 0.0457. The number of aldehydes is 1. The molecule has 3 aliphatic rings. The van der Waals surface area contributed by atoms with Crippen molar-refractivity contribution in [1.29, 1.82) is 0 Å². The molecular weight excluding hydrogens is 750 g/mol. The first-order valence-electron chi connectivity index (χ1n) is 19.1. The first-order valence-corrected chi connectivity index (χ1v) is 19.1. The largest absolute Gasteiger partial charge is 0.496 e. The van der Waals surface area contributed by atoms with E-state index < -0.39 is 29.7 Å². The van der Waals surface area contributed by atoms with Gasteiger partial charge >= 0.3 is 6.03 Å². The molecule has 0 saturated carbocycles. The number of carbonyl (C=O) groups excluding carboxylic acids is 6. The van der Waals surface area contributed by atoms with Crippen LogP contribution in [0.1, 0.15) is 51.1 Å². The van der Waals surface area contributed by atoms with E-state index in [0.29, 0.717) is 48.8 Å². The van der Waals surface area contributed by atoms with Crippen LogP contribution in [0.3, 0.4) is 0 Å². The van der Waals surface area contributed by atoms with Crippen LogP contribution >= 0.6 is 0 Å². The van der Waals surface area contributed by atoms with Gasteiger partial charge in [0.1, 0.15) is 23.8 Å². The van der Waals surface area contributed by atoms with Gasteiger partial charge < -0.3 is 44.3 Å². The standard InChI is InChI=1S/C41H53N7O10/c1-45(2)22-29(27-20-34(55-5)31(23-46(3)4)35(21-27)56-6)30-24-47(15-12-26(30)25-49)41(54)43-14-17-58-19-18-57-16-13-42-32-9-7-8-28-37(32)40(53)48(39(28)52)33-10-11-36(50)44-38(33)51/h7-9,20-22,25,33,42H,10-19,23-24H2,1-6H3,(H,43,54)(H,44,50,51)/b29-22-. The minimum atomic E-state index is -1.04. The number of ether oxygens (including phenoxy) is 4. The van der Waals surface area contributed by atoms with Crippen LogP contribution in [0.2, 0.25) is 0 Å². The summed E-state index contributed by atoms with van der Waals surface area (Å²) in [4.78, 5) is 82.4. The quantitative estimate of drug-likeness (QED) is 0.107. The second-order valence-corrected chi connectivity index (χ2v) is 14.5. The fraction of sp³-hybridized carbons (Fsp3) is 0.463. The van der Waals surface area contributed by atoms with Crippen molar-refractivity contribution in [1.82, 2.24) is 30.2 Å². The first-order chi connectivity index (χ1) is 27.9. The molecule has 3 heterocycles. The number of rotatable bonds is 19. The second-order valence-electron chi connectivity index (χ2n) is 14.5. The van der Waals surface area contributed by atoms with Crippen LogP contribution in [-0.4, -0.2) is 157 Å². The van der Waals surface area contributed by atoms with Gasteiger partial charge in [-0.05, 0) is 67.9 Å². The predicted octanol–water partition coefficient (Wildman–Crippen LogP) is 2.13. The van der Waals surface area contributed by atoms with Crippen molar-refractivity contribution < 1.29 is 47.7 Å². The highest BCUT2D eigenvalue weighted by Crippen LogP contribution is 2.38. The number of imide groups is 2. The Morgan fingerprint density at radius 3 is 2.24 bits per heavy atom. The Morgan fingerprint density at radius 1 is 0.931 bits per heavy atom. The zero-order valence-electron chi connectivity index (χ0n) is 34.0. The van der Waals surface area contributed by atoms with Crippen LogP contribution in [0.25, 0.3) is 5.57 Å². The number of carbonyl (C=O) groups is 6. The molecule has 58 heavy (non-hydrogen) atoms. The Kier molecular flexibility index (Phi) is 15.0. The summed E-state index contributed by atoms with van der Waals surface area (Å²) in [5.74, 6) is -0.942. The Balaban J connectivity index is 1.07. The van der Waals surface area contributed by atoms with Crippen molar-refractivity contribution in [2.75, 3.05) is 100 Å². The molecule has 3 aliphatic heterocycles. The Hall–Kier alpha value is -5.78. The number of nitrogens with zero attached hydrogens (tertiary/aromatic N) is 4. The van der Waals surface area contributed by atoms with Crippen molar-refractivity contribution in [3.63, 3.8) is 0 Å². The summed E-state index contributed by atoms with van der Waals surface area (Å²) >= 11 is 0. The number of benzene rings is 2. The summed E-state index contributed by atoms with van der Waals surface area (Å²) < 4.78 is 22.9. The van der Waals surface area contributed by atoms with E-state index in [9.17, 15) is 28.8 Å². The lowest BCUT2D eigenvalue weighted by Crippen LogP contribution is -2.54. The highest BCUT2D eigenvalue weighted by Gasteiger charge is 2.45. The summed E-state index contributed by atoms with van der Waals surface area (Å²) in [6, 6.07) is 7.42. The van der Waals surface area contributed by atoms with Crippen molar-refractivity contribution in [3.8, 4) is 11.5 Å². The van der Waals surface area contributed by atoms with Gasteiger partial charge in [-0.3, -0.25) is 34.2 Å². The van der Waals surface area contributed by atoms with Crippen LogP contribution in [0.4, 0.5) is 10.5 Å². The van der Waals surface area contributed by atoms with Crippen molar-refractivity contribution >= 4 is 47.2 Å². The Morgan fingerprint density at radius 2 is 1.62 bits per heavy atom. The zero-order valence-corrected chi connectivity index (χ0v) is 34.0. The second kappa shape index (κ2) is 20.1. The van der Waals surface area contributed by atoms with E-state index in [1.54, 1.807) is 31.3 Å². The third-order valence-corrected chi connectivity index (χ3v) is 9.85. The molecule has 5 rings (SSSR count). The van der Waals surface area contributed by atoms with Gasteiger partial charge in [-0.1, -0.05) is 6.07 Å². The van der Waals surface area contributed by atoms with Crippen molar-refractivity contribution in [3.05, 3.63) is 69.9 Å². The number of fused-ring (bicyclic) bond motifs is 1. The number of nitrogens with one attached hydrogen (secondary N) is 3. The van der Waals surface area contributed by atoms with Gasteiger partial charge in [-0.15, -0.1) is 0 Å². The lowest BCUT2D eigenvalue weighted by atomic mass is 9.89. The van der Waals surface area contributed by atoms with E-state index in [2.05, 4.69) is 16.0 Å². The molecule has 1 atom stereocenters. The summed E-state index contributed by atoms with van der Waals surface area (Å²) in [5, 5.41) is 8.23. The molecule has 2 aromatic carbocycles. The molecule has 1 unspecified atom stereocenters. The van der Waals surface area contributed by atoms with Gasteiger partial charge in [-0.25, -0.2) is 4.79 Å². The number of hydrogen-bond donors (Lipinski definition) is 3. The fourth-order valence-electron chi connectivity index (χ4n) is 7.12. The van der Waals surface area contributed by atoms with Gasteiger partial charge in [0.05, 0.1) is 57.3 Å². The van der Waals surface area contributed by atoms with E-state index >= 15 is 0 Å². The van der Waals surface area contributed by atoms with E-state index in [1.807, 2.05) is 56.3 Å². The van der Waals surface area contributed by atoms with E-state index in [1.165, 1.54) is 6.07 Å². The SMILES string of the molecule is COc1cc(/C(=C/N(C)C)C2=C(C=O)CCN(C(=O)NCCOCCOCCNc3cccc4c3C(=O)N(C3CCC(=O)NC3=O)C4=O)C2)cc(OC)c1CN(C)C. The molecule has 6 amide bonds. The maximum Gasteiger partial charge on any atom is 0.317 e. The number of methoxy groups -OCH3 is 2. The monoisotopic (exact) mass is 803 g/mol. The minimum Gasteiger partial charge on any atom is -0.496 e. The summed E-state index contributed by atoms with van der Waals surface area (Å²) in [6.45, 7) is 2.90. The van der Waals surface area contributed by atoms with Crippen LogP contribution in [0, 0.1) is 0 Å². The van der Waals surface area contributed by atoms with Gasteiger partial charge in [0.25, 0.3) is 11.8 Å². The van der Waals surface area contributed by atoms with Gasteiger partial charge in [-0.2, -0.15) is 0 Å². The summed E-state index contributed by atoms with van der Waals surface area (Å²) in [5.41, 5.74) is 4.65. The lowest BCUT2D eigenvalue weighted by Gasteiger charge is -2.31. The highest BCUT2D eigenvalue weighted by atomic mass is 16.5. The van der Waals surface area contributed by atoms with Crippen molar-refractivity contribution in [2.24, 2.45) is 0 Å². The van der Waals surface area contributed by atoms with Crippen LogP contribution in [0.15, 0.2) is 47.7 Å². The molecular formula is C41H53N7O10. The first kappa shape index (κ1) is 43.3.